The molecule has 10 heteroatoms. The van der Waals surface area contributed by atoms with Crippen LogP contribution in [0.5, 0.6) is 0 Å². The highest BCUT2D eigenvalue weighted by Gasteiger charge is 2.51. The Morgan fingerprint density at radius 1 is 0.667 bits per heavy atom. The molecule has 8 nitrogen and oxygen atoms in total. The van der Waals surface area contributed by atoms with Crippen LogP contribution in [0.25, 0.3) is 0 Å². The Labute approximate surface area is 176 Å². The van der Waals surface area contributed by atoms with Crippen LogP contribution in [0.4, 0.5) is 0 Å². The second-order valence-electron chi connectivity index (χ2n) is 7.40. The zero-order chi connectivity index (χ0) is 21.5. The van der Waals surface area contributed by atoms with Crippen LogP contribution < -0.4 is 0 Å². The topological polar surface area (TPSA) is 105 Å². The first kappa shape index (κ1) is 21.4. The molecule has 0 unspecified atom stereocenters. The van der Waals surface area contributed by atoms with Gasteiger partial charge in [-0.1, -0.05) is 35.4 Å². The van der Waals surface area contributed by atoms with Gasteiger partial charge in [-0.3, -0.25) is 8.37 Å². The molecule has 162 valence electrons. The molecule has 0 aromatic heterocycles. The molecule has 4 rings (SSSR count). The van der Waals surface area contributed by atoms with E-state index in [-0.39, 0.29) is 23.0 Å². The number of rotatable bonds is 6. The van der Waals surface area contributed by atoms with Crippen molar-refractivity contribution in [3.05, 3.63) is 59.7 Å². The highest BCUT2D eigenvalue weighted by atomic mass is 32.2. The summed E-state index contributed by atoms with van der Waals surface area (Å²) in [5, 5.41) is 0. The Bertz CT molecular complexity index is 1020. The van der Waals surface area contributed by atoms with Gasteiger partial charge in [0.25, 0.3) is 20.2 Å². The number of fused-ring (bicyclic) bond motifs is 1. The first-order chi connectivity index (χ1) is 14.2. The smallest absolute Gasteiger partial charge is 0.297 e. The molecule has 0 radical (unpaired) electrons. The molecular weight excluding hydrogens is 432 g/mol. The first-order valence-electron chi connectivity index (χ1n) is 9.39. The maximum atomic E-state index is 12.6. The van der Waals surface area contributed by atoms with Crippen molar-refractivity contribution in [3.63, 3.8) is 0 Å². The lowest BCUT2D eigenvalue weighted by atomic mass is 10.1. The molecule has 0 saturated carbocycles. The maximum absolute atomic E-state index is 12.6. The third-order valence-electron chi connectivity index (χ3n) is 5.08. The van der Waals surface area contributed by atoms with Crippen LogP contribution in [-0.4, -0.2) is 54.5 Å². The van der Waals surface area contributed by atoms with Crippen molar-refractivity contribution in [2.24, 2.45) is 0 Å². The van der Waals surface area contributed by atoms with Crippen molar-refractivity contribution in [3.8, 4) is 0 Å². The fraction of sp³-hybridized carbons (Fsp3) is 0.400. The van der Waals surface area contributed by atoms with Gasteiger partial charge in [0.2, 0.25) is 0 Å². The average molecular weight is 455 g/mol. The van der Waals surface area contributed by atoms with Crippen LogP contribution in [0, 0.1) is 13.8 Å². The summed E-state index contributed by atoms with van der Waals surface area (Å²) in [6.45, 7) is 3.60. The van der Waals surface area contributed by atoms with Crippen LogP contribution in [0.15, 0.2) is 58.3 Å². The highest BCUT2D eigenvalue weighted by molar-refractivity contribution is 7.87. The molecular formula is C20H22O8S2. The Morgan fingerprint density at radius 2 is 1.00 bits per heavy atom. The Kier molecular flexibility index (Phi) is 5.73. The van der Waals surface area contributed by atoms with Crippen LogP contribution in [-0.2, 0) is 38.1 Å². The third-order valence-corrected chi connectivity index (χ3v) is 7.78. The SMILES string of the molecule is Cc1ccc(S(=O)(=O)O[C@H]2CO[C@@H]3[C@@H]2OC[C@H]3OS(=O)(=O)c2ccc(C)cc2)cc1. The second kappa shape index (κ2) is 8.03. The molecule has 2 heterocycles. The molecule has 0 bridgehead atoms. The van der Waals surface area contributed by atoms with Gasteiger partial charge in [-0.2, -0.15) is 16.8 Å². The number of benzene rings is 2. The molecule has 0 spiro atoms. The lowest BCUT2D eigenvalue weighted by Gasteiger charge is -2.17. The minimum atomic E-state index is -4.02. The summed E-state index contributed by atoms with van der Waals surface area (Å²) >= 11 is 0. The zero-order valence-electron chi connectivity index (χ0n) is 16.4. The van der Waals surface area contributed by atoms with Crippen molar-refractivity contribution in [1.82, 2.24) is 0 Å². The Hall–Kier alpha value is -1.82. The molecule has 0 N–H and O–H groups in total. The van der Waals surface area contributed by atoms with E-state index in [1.54, 1.807) is 24.3 Å². The molecule has 2 aliphatic rings. The molecule has 2 aromatic carbocycles. The highest BCUT2D eigenvalue weighted by Crippen LogP contribution is 2.33. The molecule has 2 fully saturated rings. The molecule has 0 amide bonds. The van der Waals surface area contributed by atoms with Crippen molar-refractivity contribution in [2.45, 2.75) is 48.1 Å². The van der Waals surface area contributed by atoms with Gasteiger partial charge in [0, 0.05) is 0 Å². The van der Waals surface area contributed by atoms with Crippen LogP contribution >= 0.6 is 0 Å². The minimum absolute atomic E-state index is 0.0318. The molecule has 2 aliphatic heterocycles. The van der Waals surface area contributed by atoms with Crippen molar-refractivity contribution >= 4 is 20.2 Å². The normalized spacial score (nSPS) is 26.6. The second-order valence-corrected chi connectivity index (χ2v) is 10.5. The van der Waals surface area contributed by atoms with Gasteiger partial charge in [0.1, 0.15) is 24.4 Å². The van der Waals surface area contributed by atoms with Crippen molar-refractivity contribution in [1.29, 1.82) is 0 Å². The largest absolute Gasteiger partial charge is 0.370 e. The van der Waals surface area contributed by atoms with Crippen LogP contribution in [0.1, 0.15) is 11.1 Å². The molecule has 2 saturated heterocycles. The third kappa shape index (κ3) is 4.29. The summed E-state index contributed by atoms with van der Waals surface area (Å²) in [5.74, 6) is 0. The van der Waals surface area contributed by atoms with Gasteiger partial charge in [-0.05, 0) is 38.1 Å². The Morgan fingerprint density at radius 3 is 1.33 bits per heavy atom. The van der Waals surface area contributed by atoms with E-state index in [1.807, 2.05) is 13.8 Å². The standard InChI is InChI=1S/C20H22O8S2/c1-13-3-7-15(8-4-13)29(21,22)27-17-11-25-20-18(12-26-19(17)20)28-30(23,24)16-9-5-14(2)6-10-16/h3-10,17-20H,11-12H2,1-2H3/t17-,18+,19+,20-. The van der Waals surface area contributed by atoms with E-state index in [9.17, 15) is 16.8 Å². The molecule has 4 atom stereocenters. The number of hydrogen-bond donors (Lipinski definition) is 0. The summed E-state index contributed by atoms with van der Waals surface area (Å²) in [7, 11) is -8.04. The Balaban J connectivity index is 1.44. The van der Waals surface area contributed by atoms with E-state index in [0.29, 0.717) is 0 Å². The van der Waals surface area contributed by atoms with Gasteiger partial charge in [0.05, 0.1) is 23.0 Å². The predicted octanol–water partition coefficient (Wildman–Crippen LogP) is 1.95. The van der Waals surface area contributed by atoms with Crippen molar-refractivity contribution < 1.29 is 34.7 Å². The van der Waals surface area contributed by atoms with E-state index in [1.165, 1.54) is 24.3 Å². The predicted molar refractivity (Wildman–Crippen MR) is 106 cm³/mol. The van der Waals surface area contributed by atoms with Gasteiger partial charge in [-0.25, -0.2) is 0 Å². The molecule has 30 heavy (non-hydrogen) atoms. The zero-order valence-corrected chi connectivity index (χ0v) is 18.1. The van der Waals surface area contributed by atoms with E-state index in [2.05, 4.69) is 0 Å². The van der Waals surface area contributed by atoms with Crippen LogP contribution in [0.3, 0.4) is 0 Å². The summed E-state index contributed by atoms with van der Waals surface area (Å²) in [6.07, 6.45) is -3.28. The quantitative estimate of drug-likeness (QED) is 0.610. The van der Waals surface area contributed by atoms with E-state index in [4.69, 9.17) is 17.8 Å². The van der Waals surface area contributed by atoms with Gasteiger partial charge in [-0.15, -0.1) is 0 Å². The van der Waals surface area contributed by atoms with Crippen LogP contribution in [0.2, 0.25) is 0 Å². The van der Waals surface area contributed by atoms with Gasteiger partial charge < -0.3 is 9.47 Å². The molecule has 0 aliphatic carbocycles. The molecule has 2 aromatic rings. The summed E-state index contributed by atoms with van der Waals surface area (Å²) < 4.78 is 72.1. The van der Waals surface area contributed by atoms with E-state index >= 15 is 0 Å². The lowest BCUT2D eigenvalue weighted by molar-refractivity contribution is 0.0220. The van der Waals surface area contributed by atoms with E-state index in [0.717, 1.165) is 11.1 Å². The average Bonchev–Trinajstić information content (AvgIpc) is 3.26. The number of aryl methyl sites for hydroxylation is 2. The van der Waals surface area contributed by atoms with E-state index < -0.39 is 44.7 Å². The number of hydrogen-bond acceptors (Lipinski definition) is 8. The summed E-state index contributed by atoms with van der Waals surface area (Å²) in [5.41, 5.74) is 1.85. The summed E-state index contributed by atoms with van der Waals surface area (Å²) in [4.78, 5) is 0.0635. The van der Waals surface area contributed by atoms with Crippen molar-refractivity contribution in [2.75, 3.05) is 13.2 Å². The lowest BCUT2D eigenvalue weighted by Crippen LogP contribution is -2.36. The minimum Gasteiger partial charge on any atom is -0.370 e. The van der Waals surface area contributed by atoms with Gasteiger partial charge >= 0.3 is 0 Å². The first-order valence-corrected chi connectivity index (χ1v) is 12.2. The van der Waals surface area contributed by atoms with Gasteiger partial charge in [0.15, 0.2) is 0 Å². The maximum Gasteiger partial charge on any atom is 0.297 e. The summed E-state index contributed by atoms with van der Waals surface area (Å²) in [6, 6.07) is 12.6. The fourth-order valence-electron chi connectivity index (χ4n) is 3.44. The monoisotopic (exact) mass is 454 g/mol. The number of ether oxygens (including phenoxy) is 2. The fourth-order valence-corrected chi connectivity index (χ4v) is 5.58.